The predicted octanol–water partition coefficient (Wildman–Crippen LogP) is 3.95. The van der Waals surface area contributed by atoms with Gasteiger partial charge in [-0.1, -0.05) is 30.3 Å². The molecule has 0 fully saturated rings. The molecule has 4 aromatic rings. The van der Waals surface area contributed by atoms with Crippen molar-refractivity contribution in [3.8, 4) is 22.1 Å². The van der Waals surface area contributed by atoms with E-state index in [1.54, 1.807) is 26.0 Å². The summed E-state index contributed by atoms with van der Waals surface area (Å²) >= 11 is 1.26. The van der Waals surface area contributed by atoms with Gasteiger partial charge in [0, 0.05) is 4.88 Å². The van der Waals surface area contributed by atoms with Crippen molar-refractivity contribution in [1.82, 2.24) is 9.78 Å². The minimum atomic E-state index is -0.801. The number of rotatable bonds is 7. The number of esters is 1. The number of nitrogens with one attached hydrogen (secondary N) is 1. The highest BCUT2D eigenvalue weighted by atomic mass is 32.1. The second-order valence-electron chi connectivity index (χ2n) is 6.70. The van der Waals surface area contributed by atoms with E-state index in [-0.39, 0.29) is 23.8 Å². The number of hydrogen-bond donors (Lipinski definition) is 1. The molecule has 0 aliphatic rings. The summed E-state index contributed by atoms with van der Waals surface area (Å²) in [6.45, 7) is 3.32. The van der Waals surface area contributed by atoms with Crippen LogP contribution in [0.25, 0.3) is 22.1 Å². The lowest BCUT2D eigenvalue weighted by Crippen LogP contribution is -2.26. The summed E-state index contributed by atoms with van der Waals surface area (Å²) in [4.78, 5) is 38.2. The molecule has 4 rings (SSSR count). The quantitative estimate of drug-likeness (QED) is 0.421. The Kier molecular flexibility index (Phi) is 6.04. The number of nitrogens with zero attached hydrogens (tertiary/aromatic N) is 2. The van der Waals surface area contributed by atoms with Gasteiger partial charge >= 0.3 is 11.7 Å². The summed E-state index contributed by atoms with van der Waals surface area (Å²) in [5.41, 5.74) is 1.90. The van der Waals surface area contributed by atoms with Crippen LogP contribution >= 0.6 is 11.3 Å². The van der Waals surface area contributed by atoms with E-state index >= 15 is 0 Å². The van der Waals surface area contributed by atoms with E-state index in [9.17, 15) is 14.4 Å². The van der Waals surface area contributed by atoms with Gasteiger partial charge in [0.05, 0.1) is 18.4 Å². The van der Waals surface area contributed by atoms with Gasteiger partial charge in [0.15, 0.2) is 5.76 Å². The Bertz CT molecular complexity index is 1300. The monoisotopic (exact) mass is 453 g/mol. The number of ether oxygens (including phenoxy) is 1. The van der Waals surface area contributed by atoms with E-state index in [0.29, 0.717) is 10.6 Å². The van der Waals surface area contributed by atoms with Crippen LogP contribution in [-0.2, 0) is 16.1 Å². The molecule has 0 spiro atoms. The van der Waals surface area contributed by atoms with Gasteiger partial charge < -0.3 is 18.9 Å². The number of carbonyl (C=O) groups is 2. The fourth-order valence-corrected chi connectivity index (χ4v) is 4.34. The molecule has 0 aliphatic carbocycles. The number of hydrogen-bond acceptors (Lipinski definition) is 8. The Morgan fingerprint density at radius 1 is 1.19 bits per heavy atom. The molecule has 0 atom stereocenters. The highest BCUT2D eigenvalue weighted by Crippen LogP contribution is 2.40. The summed E-state index contributed by atoms with van der Waals surface area (Å²) in [5, 5.41) is 7.04. The van der Waals surface area contributed by atoms with Gasteiger partial charge in [-0.3, -0.25) is 4.79 Å². The van der Waals surface area contributed by atoms with Crippen molar-refractivity contribution in [2.24, 2.45) is 0 Å². The highest BCUT2D eigenvalue weighted by Gasteiger charge is 2.25. The number of furan rings is 1. The third kappa shape index (κ3) is 4.26. The van der Waals surface area contributed by atoms with Crippen LogP contribution in [0.15, 0.2) is 62.4 Å². The molecule has 3 heterocycles. The fourth-order valence-electron chi connectivity index (χ4n) is 3.12. The lowest BCUT2D eigenvalue weighted by atomic mass is 10.1. The van der Waals surface area contributed by atoms with E-state index in [2.05, 4.69) is 10.4 Å². The third-order valence-electron chi connectivity index (χ3n) is 4.55. The number of anilines is 1. The van der Waals surface area contributed by atoms with Crippen molar-refractivity contribution in [3.63, 3.8) is 0 Å². The van der Waals surface area contributed by atoms with Crippen molar-refractivity contribution >= 4 is 28.2 Å². The number of benzene rings is 1. The van der Waals surface area contributed by atoms with Crippen molar-refractivity contribution in [2.45, 2.75) is 20.4 Å². The first-order valence-corrected chi connectivity index (χ1v) is 10.6. The number of aromatic nitrogens is 2. The van der Waals surface area contributed by atoms with Crippen LogP contribution in [0.3, 0.4) is 0 Å². The topological polar surface area (TPSA) is 117 Å². The Morgan fingerprint density at radius 2 is 1.97 bits per heavy atom. The number of carbonyl (C=O) groups excluding carboxylic acids is 2. The molecule has 1 aromatic carbocycles. The molecule has 0 saturated carbocycles. The normalized spacial score (nSPS) is 10.8. The number of amides is 1. The van der Waals surface area contributed by atoms with Crippen LogP contribution in [-0.4, -0.2) is 28.3 Å². The van der Waals surface area contributed by atoms with Gasteiger partial charge in [-0.2, -0.15) is 4.68 Å². The van der Waals surface area contributed by atoms with Crippen LogP contribution in [0.5, 0.6) is 0 Å². The Labute approximate surface area is 186 Å². The van der Waals surface area contributed by atoms with Crippen molar-refractivity contribution in [3.05, 3.63) is 70.4 Å². The minimum Gasteiger partial charge on any atom is -0.462 e. The molecule has 0 saturated heterocycles. The second-order valence-corrected chi connectivity index (χ2v) is 7.72. The molecule has 0 aliphatic heterocycles. The maximum absolute atomic E-state index is 12.7. The zero-order valence-corrected chi connectivity index (χ0v) is 18.1. The van der Waals surface area contributed by atoms with Crippen LogP contribution in [0.2, 0.25) is 0 Å². The number of thiophene rings is 1. The second kappa shape index (κ2) is 9.06. The molecular weight excluding hydrogens is 434 g/mol. The molecule has 32 heavy (non-hydrogen) atoms. The lowest BCUT2D eigenvalue weighted by Gasteiger charge is -2.06. The van der Waals surface area contributed by atoms with Crippen molar-refractivity contribution in [1.29, 1.82) is 0 Å². The van der Waals surface area contributed by atoms with Crippen molar-refractivity contribution in [2.75, 3.05) is 11.9 Å². The van der Waals surface area contributed by atoms with Crippen LogP contribution < -0.4 is 11.1 Å². The van der Waals surface area contributed by atoms with Crippen LogP contribution in [0.1, 0.15) is 22.8 Å². The molecule has 0 bridgehead atoms. The predicted molar refractivity (Wildman–Crippen MR) is 118 cm³/mol. The van der Waals surface area contributed by atoms with E-state index < -0.39 is 24.2 Å². The molecule has 0 radical (unpaired) electrons. The summed E-state index contributed by atoms with van der Waals surface area (Å²) < 4.78 is 16.3. The fraction of sp³-hybridized carbons (Fsp3) is 0.182. The molecular formula is C22H19N3O6S. The lowest BCUT2D eigenvalue weighted by molar-refractivity contribution is -0.117. The molecule has 1 amide bonds. The smallest absolute Gasteiger partial charge is 0.437 e. The maximum atomic E-state index is 12.7. The van der Waals surface area contributed by atoms with E-state index in [1.165, 1.54) is 17.6 Å². The first-order valence-electron chi connectivity index (χ1n) is 9.75. The van der Waals surface area contributed by atoms with Gasteiger partial charge in [-0.15, -0.1) is 16.4 Å². The third-order valence-corrected chi connectivity index (χ3v) is 5.80. The van der Waals surface area contributed by atoms with E-state index in [1.807, 2.05) is 30.3 Å². The molecule has 10 heteroatoms. The van der Waals surface area contributed by atoms with Gasteiger partial charge in [-0.05, 0) is 37.1 Å². The van der Waals surface area contributed by atoms with Crippen LogP contribution in [0.4, 0.5) is 5.00 Å². The standard InChI is InChI=1S/C22H19N3O6S/c1-3-29-21(27)17-13(2)18(14-8-5-4-6-9-14)32-20(17)23-16(26)12-25-22(28)31-19(24-25)15-10-7-11-30-15/h4-11H,3,12H2,1-2H3,(H,23,26). The summed E-state index contributed by atoms with van der Waals surface area (Å²) in [6, 6.07) is 12.7. The maximum Gasteiger partial charge on any atom is 0.437 e. The minimum absolute atomic E-state index is 0.0293. The average Bonchev–Trinajstić information content (AvgIpc) is 3.49. The zero-order chi connectivity index (χ0) is 22.7. The molecule has 9 nitrogen and oxygen atoms in total. The first-order chi connectivity index (χ1) is 15.5. The van der Waals surface area contributed by atoms with Gasteiger partial charge in [0.1, 0.15) is 11.5 Å². The largest absolute Gasteiger partial charge is 0.462 e. The highest BCUT2D eigenvalue weighted by molar-refractivity contribution is 7.20. The van der Waals surface area contributed by atoms with Gasteiger partial charge in [0.25, 0.3) is 5.89 Å². The molecule has 1 N–H and O–H groups in total. The van der Waals surface area contributed by atoms with Gasteiger partial charge in [-0.25, -0.2) is 9.59 Å². The zero-order valence-electron chi connectivity index (χ0n) is 17.3. The summed E-state index contributed by atoms with van der Waals surface area (Å²) in [7, 11) is 0. The molecule has 164 valence electrons. The summed E-state index contributed by atoms with van der Waals surface area (Å²) in [5.74, 6) is -1.63. The summed E-state index contributed by atoms with van der Waals surface area (Å²) in [6.07, 6.45) is 1.42. The Balaban J connectivity index is 1.61. The van der Waals surface area contributed by atoms with Crippen molar-refractivity contribution < 1.29 is 23.2 Å². The Hall–Kier alpha value is -3.92. The SMILES string of the molecule is CCOC(=O)c1c(NC(=O)Cn2nc(-c3ccco3)oc2=O)sc(-c2ccccc2)c1C. The first kappa shape index (κ1) is 21.3. The average molecular weight is 453 g/mol. The van der Waals surface area contributed by atoms with Gasteiger partial charge in [0.2, 0.25) is 5.91 Å². The van der Waals surface area contributed by atoms with E-state index in [4.69, 9.17) is 13.6 Å². The molecule has 0 unspecified atom stereocenters. The molecule has 3 aromatic heterocycles. The Morgan fingerprint density at radius 3 is 2.66 bits per heavy atom. The van der Waals surface area contributed by atoms with Crippen LogP contribution in [0, 0.1) is 6.92 Å². The van der Waals surface area contributed by atoms with E-state index in [0.717, 1.165) is 15.1 Å².